The van der Waals surface area contributed by atoms with Crippen molar-refractivity contribution < 1.29 is 23.5 Å². The Kier molecular flexibility index (Phi) is 8.68. The normalized spacial score (nSPS) is 14.6. The maximum Gasteiger partial charge on any atom is 0.338 e. The molecule has 0 N–H and O–H groups in total. The number of carbonyl (C=O) groups excluding carboxylic acids is 2. The smallest absolute Gasteiger partial charge is 0.338 e. The van der Waals surface area contributed by atoms with Crippen molar-refractivity contribution in [1.82, 2.24) is 4.57 Å². The molecule has 45 heavy (non-hydrogen) atoms. The quantitative estimate of drug-likeness (QED) is 0.159. The van der Waals surface area contributed by atoms with Crippen molar-refractivity contribution in [2.24, 2.45) is 4.99 Å². The molecule has 0 fully saturated rings. The van der Waals surface area contributed by atoms with Gasteiger partial charge in [-0.25, -0.2) is 14.6 Å². The van der Waals surface area contributed by atoms with Crippen molar-refractivity contribution in [3.63, 3.8) is 0 Å². The van der Waals surface area contributed by atoms with E-state index in [1.165, 1.54) is 18.4 Å². The lowest BCUT2D eigenvalue weighted by Gasteiger charge is -2.26. The summed E-state index contributed by atoms with van der Waals surface area (Å²) in [4.78, 5) is 46.2. The molecule has 1 atom stereocenters. The summed E-state index contributed by atoms with van der Waals surface area (Å²) in [6, 6.07) is 27.0. The van der Waals surface area contributed by atoms with Crippen LogP contribution in [0.2, 0.25) is 0 Å². The zero-order valence-electron chi connectivity index (χ0n) is 24.7. The van der Waals surface area contributed by atoms with Crippen LogP contribution >= 0.6 is 23.1 Å². The summed E-state index contributed by atoms with van der Waals surface area (Å²) in [5.74, 6) is 0.00706. The average molecular weight is 637 g/mol. The Morgan fingerprint density at radius 2 is 1.73 bits per heavy atom. The van der Waals surface area contributed by atoms with Crippen LogP contribution in [-0.4, -0.2) is 36.5 Å². The summed E-state index contributed by atoms with van der Waals surface area (Å²) in [5, 5.41) is 0. The molecule has 0 saturated carbocycles. The molecule has 226 valence electrons. The number of hydrogen-bond acceptors (Lipinski definition) is 9. The van der Waals surface area contributed by atoms with Gasteiger partial charge in [-0.1, -0.05) is 65.9 Å². The van der Waals surface area contributed by atoms with Crippen LogP contribution in [0.4, 0.5) is 0 Å². The van der Waals surface area contributed by atoms with E-state index in [0.29, 0.717) is 43.3 Å². The maximum atomic E-state index is 14.1. The lowest BCUT2D eigenvalue weighted by molar-refractivity contribution is -0.138. The topological polar surface area (TPSA) is 100 Å². The number of furan rings is 1. The van der Waals surface area contributed by atoms with E-state index < -0.39 is 18.0 Å². The minimum absolute atomic E-state index is 0.177. The lowest BCUT2D eigenvalue weighted by atomic mass is 9.93. The fourth-order valence-electron chi connectivity index (χ4n) is 5.17. The third-order valence-corrected chi connectivity index (χ3v) is 9.00. The minimum Gasteiger partial charge on any atom is -0.465 e. The number of hydrogen-bond donors (Lipinski definition) is 0. The van der Waals surface area contributed by atoms with Crippen LogP contribution in [0, 0.1) is 0 Å². The molecule has 1 aliphatic heterocycles. The first-order valence-corrected chi connectivity index (χ1v) is 16.2. The Balaban J connectivity index is 1.52. The molecule has 8 nitrogen and oxygen atoms in total. The van der Waals surface area contributed by atoms with E-state index in [1.807, 2.05) is 66.9 Å². The molecule has 0 amide bonds. The molecule has 0 saturated heterocycles. The molecule has 1 aliphatic rings. The number of thiazole rings is 1. The van der Waals surface area contributed by atoms with Crippen LogP contribution < -0.4 is 14.9 Å². The number of aromatic nitrogens is 1. The van der Waals surface area contributed by atoms with Gasteiger partial charge in [0, 0.05) is 22.1 Å². The van der Waals surface area contributed by atoms with Crippen LogP contribution in [0.1, 0.15) is 40.2 Å². The Hall–Kier alpha value is -4.93. The minimum atomic E-state index is -0.762. The molecule has 0 bridgehead atoms. The number of carbonyl (C=O) groups is 2. The van der Waals surface area contributed by atoms with E-state index in [4.69, 9.17) is 18.9 Å². The van der Waals surface area contributed by atoms with Gasteiger partial charge in [-0.2, -0.15) is 0 Å². The predicted molar refractivity (Wildman–Crippen MR) is 175 cm³/mol. The van der Waals surface area contributed by atoms with Gasteiger partial charge in [0.25, 0.3) is 5.56 Å². The third-order valence-electron chi connectivity index (χ3n) is 7.27. The van der Waals surface area contributed by atoms with Gasteiger partial charge in [0.15, 0.2) is 4.80 Å². The van der Waals surface area contributed by atoms with Crippen molar-refractivity contribution in [3.05, 3.63) is 139 Å². The monoisotopic (exact) mass is 636 g/mol. The Labute approximate surface area is 267 Å². The van der Waals surface area contributed by atoms with Crippen molar-refractivity contribution in [2.45, 2.75) is 17.9 Å². The van der Waals surface area contributed by atoms with Gasteiger partial charge in [-0.3, -0.25) is 9.36 Å². The van der Waals surface area contributed by atoms with E-state index >= 15 is 0 Å². The second kappa shape index (κ2) is 13.0. The van der Waals surface area contributed by atoms with Gasteiger partial charge in [0.2, 0.25) is 0 Å². The third kappa shape index (κ3) is 5.94. The molecule has 3 aromatic carbocycles. The molecule has 10 heteroatoms. The van der Waals surface area contributed by atoms with Crippen LogP contribution in [0.15, 0.2) is 116 Å². The van der Waals surface area contributed by atoms with Crippen molar-refractivity contribution >= 4 is 46.8 Å². The molecule has 2 aromatic heterocycles. The SMILES string of the molecule is CCOC(=O)C1=C(c2ccccc2)N=c2s/c(=C\c3ccc(-c4cccc(C(=O)OC)c4)o3)c(=O)n2C1c1ccc(SC)cc1. The Morgan fingerprint density at radius 3 is 2.44 bits per heavy atom. The van der Waals surface area contributed by atoms with E-state index in [2.05, 4.69) is 0 Å². The Morgan fingerprint density at radius 1 is 0.978 bits per heavy atom. The van der Waals surface area contributed by atoms with Crippen LogP contribution in [0.5, 0.6) is 0 Å². The van der Waals surface area contributed by atoms with Crippen molar-refractivity contribution in [3.8, 4) is 11.3 Å². The zero-order valence-corrected chi connectivity index (χ0v) is 26.3. The van der Waals surface area contributed by atoms with Gasteiger partial charge in [0.05, 0.1) is 41.1 Å². The molecule has 0 radical (unpaired) electrons. The number of thioether (sulfide) groups is 1. The fourth-order valence-corrected chi connectivity index (χ4v) is 6.56. The van der Waals surface area contributed by atoms with Gasteiger partial charge in [-0.05, 0) is 55.1 Å². The Bertz CT molecular complexity index is 2110. The number of nitrogens with zero attached hydrogens (tertiary/aromatic N) is 2. The lowest BCUT2D eigenvalue weighted by Crippen LogP contribution is -2.40. The first-order valence-electron chi connectivity index (χ1n) is 14.1. The summed E-state index contributed by atoms with van der Waals surface area (Å²) < 4.78 is 18.4. The van der Waals surface area contributed by atoms with Gasteiger partial charge >= 0.3 is 11.9 Å². The van der Waals surface area contributed by atoms with E-state index in [0.717, 1.165) is 16.0 Å². The molecule has 6 rings (SSSR count). The maximum absolute atomic E-state index is 14.1. The summed E-state index contributed by atoms with van der Waals surface area (Å²) in [6.07, 6.45) is 3.66. The molecule has 3 heterocycles. The van der Waals surface area contributed by atoms with Crippen molar-refractivity contribution in [1.29, 1.82) is 0 Å². The van der Waals surface area contributed by atoms with Crippen molar-refractivity contribution in [2.75, 3.05) is 20.0 Å². The highest BCUT2D eigenvalue weighted by Crippen LogP contribution is 2.35. The first kappa shape index (κ1) is 30.1. The molecular formula is C35H28N2O6S2. The highest BCUT2D eigenvalue weighted by atomic mass is 32.2. The number of rotatable bonds is 8. The number of esters is 2. The molecule has 0 spiro atoms. The highest BCUT2D eigenvalue weighted by molar-refractivity contribution is 7.98. The second-order valence-corrected chi connectivity index (χ2v) is 11.9. The molecule has 1 unspecified atom stereocenters. The molecule has 0 aliphatic carbocycles. The zero-order chi connectivity index (χ0) is 31.5. The van der Waals surface area contributed by atoms with Gasteiger partial charge < -0.3 is 13.9 Å². The highest BCUT2D eigenvalue weighted by Gasteiger charge is 2.35. The summed E-state index contributed by atoms with van der Waals surface area (Å²) >= 11 is 2.83. The number of fused-ring (bicyclic) bond motifs is 1. The number of benzene rings is 3. The average Bonchev–Trinajstić information content (AvgIpc) is 3.68. The standard InChI is InChI=1S/C35H28N2O6S2/c1-4-42-34(40)29-30(21-9-6-5-7-10-21)36-35-37(31(29)22-13-16-26(44-3)17-14-22)32(38)28(45-35)20-25-15-18-27(43-25)23-11-8-12-24(19-23)33(39)41-2/h5-20,31H,4H2,1-3H3/b28-20-. The van der Waals surface area contributed by atoms with E-state index in [1.54, 1.807) is 59.7 Å². The van der Waals surface area contributed by atoms with Crippen LogP contribution in [-0.2, 0) is 14.3 Å². The van der Waals surface area contributed by atoms with Gasteiger partial charge in [-0.15, -0.1) is 11.8 Å². The molecule has 5 aromatic rings. The summed E-state index contributed by atoms with van der Waals surface area (Å²) in [6.45, 7) is 1.93. The van der Waals surface area contributed by atoms with Gasteiger partial charge in [0.1, 0.15) is 11.5 Å². The van der Waals surface area contributed by atoms with Crippen LogP contribution in [0.3, 0.4) is 0 Å². The van der Waals surface area contributed by atoms with E-state index in [9.17, 15) is 14.4 Å². The van der Waals surface area contributed by atoms with E-state index in [-0.39, 0.29) is 12.2 Å². The van der Waals surface area contributed by atoms with Crippen LogP contribution in [0.25, 0.3) is 23.1 Å². The fraction of sp³-hybridized carbons (Fsp3) is 0.143. The summed E-state index contributed by atoms with van der Waals surface area (Å²) in [5.41, 5.74) is 3.05. The number of ether oxygens (including phenoxy) is 2. The second-order valence-electron chi connectivity index (χ2n) is 9.98. The predicted octanol–water partition coefficient (Wildman–Crippen LogP) is 5.70. The largest absolute Gasteiger partial charge is 0.465 e. The molecular weight excluding hydrogens is 609 g/mol. The summed E-state index contributed by atoms with van der Waals surface area (Å²) in [7, 11) is 1.33. The number of methoxy groups -OCH3 is 1. The first-order chi connectivity index (χ1) is 21.9.